The summed E-state index contributed by atoms with van der Waals surface area (Å²) in [5, 5.41) is 5.89. The Balaban J connectivity index is 1.72. The van der Waals surface area contributed by atoms with Gasteiger partial charge >= 0.3 is 0 Å². The normalized spacial score (nSPS) is 16.5. The van der Waals surface area contributed by atoms with Crippen molar-refractivity contribution in [3.63, 3.8) is 0 Å². The smallest absolute Gasteiger partial charge is 0.235 e. The second-order valence-electron chi connectivity index (χ2n) is 6.69. The van der Waals surface area contributed by atoms with Crippen LogP contribution in [-0.2, 0) is 9.59 Å². The molecule has 25 heavy (non-hydrogen) atoms. The van der Waals surface area contributed by atoms with Gasteiger partial charge in [-0.05, 0) is 58.3 Å². The average molecular weight is 364 g/mol. The predicted octanol–water partition coefficient (Wildman–Crippen LogP) is 2.51. The van der Waals surface area contributed by atoms with Crippen molar-refractivity contribution < 1.29 is 9.59 Å². The molecule has 5 nitrogen and oxygen atoms in total. The van der Waals surface area contributed by atoms with E-state index in [2.05, 4.69) is 10.6 Å². The minimum atomic E-state index is -0.190. The number of amides is 2. The Labute approximate surface area is 154 Å². The maximum absolute atomic E-state index is 12.5. The van der Waals surface area contributed by atoms with Crippen molar-refractivity contribution in [3.05, 3.63) is 29.8 Å². The number of carbonyl (C=O) groups is 2. The lowest BCUT2D eigenvalue weighted by Gasteiger charge is -2.33. The van der Waals surface area contributed by atoms with Crippen molar-refractivity contribution in [3.8, 4) is 0 Å². The Kier molecular flexibility index (Phi) is 7.78. The van der Waals surface area contributed by atoms with E-state index in [1.807, 2.05) is 50.1 Å². The number of nitrogens with zero attached hydrogens (tertiary/aromatic N) is 1. The van der Waals surface area contributed by atoms with Gasteiger partial charge in [-0.3, -0.25) is 9.59 Å². The van der Waals surface area contributed by atoms with Crippen LogP contribution in [0.2, 0.25) is 0 Å². The standard InChI is InChI=1S/C19H29N3O2S/c1-14-4-6-17(7-5-14)21-18(23)13-25-15(2)19(24)22-10-8-16(9-11-22)12-20-3/h4-7,15-16,20H,8-13H2,1-3H3,(H,21,23). The summed E-state index contributed by atoms with van der Waals surface area (Å²) in [6.07, 6.45) is 2.11. The zero-order valence-electron chi connectivity index (χ0n) is 15.4. The Morgan fingerprint density at radius 2 is 1.88 bits per heavy atom. The highest BCUT2D eigenvalue weighted by molar-refractivity contribution is 8.01. The molecule has 6 heteroatoms. The molecule has 0 spiro atoms. The first-order valence-electron chi connectivity index (χ1n) is 8.91. The van der Waals surface area contributed by atoms with Crippen LogP contribution in [-0.4, -0.2) is 54.4 Å². The van der Waals surface area contributed by atoms with Gasteiger partial charge in [0.05, 0.1) is 11.0 Å². The van der Waals surface area contributed by atoms with Gasteiger partial charge in [0.15, 0.2) is 0 Å². The fourth-order valence-electron chi connectivity index (χ4n) is 3.01. The van der Waals surface area contributed by atoms with Crippen molar-refractivity contribution in [2.45, 2.75) is 31.9 Å². The van der Waals surface area contributed by atoms with Gasteiger partial charge in [0.25, 0.3) is 0 Å². The number of nitrogens with one attached hydrogen (secondary N) is 2. The van der Waals surface area contributed by atoms with E-state index < -0.39 is 0 Å². The molecule has 2 amide bonds. The maximum atomic E-state index is 12.5. The molecule has 1 aromatic carbocycles. The van der Waals surface area contributed by atoms with E-state index in [1.165, 1.54) is 11.8 Å². The molecule has 138 valence electrons. The predicted molar refractivity (Wildman–Crippen MR) is 105 cm³/mol. The van der Waals surface area contributed by atoms with Crippen molar-refractivity contribution in [1.82, 2.24) is 10.2 Å². The molecule has 1 heterocycles. The fraction of sp³-hybridized carbons (Fsp3) is 0.579. The van der Waals surface area contributed by atoms with E-state index in [9.17, 15) is 9.59 Å². The van der Waals surface area contributed by atoms with E-state index in [0.29, 0.717) is 5.92 Å². The Morgan fingerprint density at radius 3 is 2.48 bits per heavy atom. The number of anilines is 1. The molecule has 1 fully saturated rings. The van der Waals surface area contributed by atoms with Crippen molar-refractivity contribution in [2.75, 3.05) is 37.8 Å². The van der Waals surface area contributed by atoms with Crippen LogP contribution in [0.4, 0.5) is 5.69 Å². The van der Waals surface area contributed by atoms with Gasteiger partial charge < -0.3 is 15.5 Å². The van der Waals surface area contributed by atoms with Crippen LogP contribution >= 0.6 is 11.8 Å². The highest BCUT2D eigenvalue weighted by atomic mass is 32.2. The van der Waals surface area contributed by atoms with Crippen LogP contribution in [0.15, 0.2) is 24.3 Å². The fourth-order valence-corrected chi connectivity index (χ4v) is 3.77. The molecule has 1 aliphatic heterocycles. The number of hydrogen-bond donors (Lipinski definition) is 2. The minimum absolute atomic E-state index is 0.0683. The molecule has 0 aliphatic carbocycles. The highest BCUT2D eigenvalue weighted by Crippen LogP contribution is 2.20. The van der Waals surface area contributed by atoms with Crippen LogP contribution < -0.4 is 10.6 Å². The molecule has 0 saturated carbocycles. The summed E-state index contributed by atoms with van der Waals surface area (Å²) in [6.45, 7) is 6.57. The van der Waals surface area contributed by atoms with E-state index >= 15 is 0 Å². The lowest BCUT2D eigenvalue weighted by atomic mass is 9.97. The second kappa shape index (κ2) is 9.82. The number of rotatable bonds is 7. The molecular weight excluding hydrogens is 334 g/mol. The van der Waals surface area contributed by atoms with Gasteiger partial charge in [0, 0.05) is 18.8 Å². The molecule has 1 aromatic rings. The van der Waals surface area contributed by atoms with E-state index in [1.54, 1.807) is 0 Å². The molecule has 2 N–H and O–H groups in total. The molecule has 1 atom stereocenters. The largest absolute Gasteiger partial charge is 0.342 e. The van der Waals surface area contributed by atoms with Crippen LogP contribution in [0.1, 0.15) is 25.3 Å². The average Bonchev–Trinajstić information content (AvgIpc) is 2.62. The number of thioether (sulfide) groups is 1. The lowest BCUT2D eigenvalue weighted by Crippen LogP contribution is -2.43. The second-order valence-corrected chi connectivity index (χ2v) is 8.02. The number of hydrogen-bond acceptors (Lipinski definition) is 4. The summed E-state index contributed by atoms with van der Waals surface area (Å²) in [7, 11) is 1.97. The van der Waals surface area contributed by atoms with Gasteiger partial charge in [-0.15, -0.1) is 11.8 Å². The minimum Gasteiger partial charge on any atom is -0.342 e. The third-order valence-corrected chi connectivity index (χ3v) is 5.70. The first-order chi connectivity index (χ1) is 12.0. The van der Waals surface area contributed by atoms with Gasteiger partial charge in [-0.2, -0.15) is 0 Å². The van der Waals surface area contributed by atoms with E-state index in [-0.39, 0.29) is 22.8 Å². The topological polar surface area (TPSA) is 61.4 Å². The number of carbonyl (C=O) groups excluding carboxylic acids is 2. The molecule has 0 bridgehead atoms. The van der Waals surface area contributed by atoms with Gasteiger partial charge in [0.1, 0.15) is 0 Å². The molecule has 0 aromatic heterocycles. The Bertz CT molecular complexity index is 569. The molecule has 1 saturated heterocycles. The molecular formula is C19H29N3O2S. The third-order valence-electron chi connectivity index (χ3n) is 4.57. The Morgan fingerprint density at radius 1 is 1.24 bits per heavy atom. The quantitative estimate of drug-likeness (QED) is 0.781. The van der Waals surface area contributed by atoms with Crippen molar-refractivity contribution >= 4 is 29.3 Å². The third kappa shape index (κ3) is 6.36. The first kappa shape index (κ1) is 19.8. The first-order valence-corrected chi connectivity index (χ1v) is 9.96. The zero-order valence-corrected chi connectivity index (χ0v) is 16.2. The lowest BCUT2D eigenvalue weighted by molar-refractivity contribution is -0.131. The summed E-state index contributed by atoms with van der Waals surface area (Å²) in [5.41, 5.74) is 1.95. The summed E-state index contributed by atoms with van der Waals surface area (Å²) in [4.78, 5) is 26.5. The molecule has 1 aliphatic rings. The number of likely N-dealkylation sites (tertiary alicyclic amines) is 1. The zero-order chi connectivity index (χ0) is 18.2. The number of aryl methyl sites for hydroxylation is 1. The monoisotopic (exact) mass is 363 g/mol. The number of piperidine rings is 1. The maximum Gasteiger partial charge on any atom is 0.235 e. The van der Waals surface area contributed by atoms with E-state index in [4.69, 9.17) is 0 Å². The molecule has 2 rings (SSSR count). The van der Waals surface area contributed by atoms with Crippen LogP contribution in [0.3, 0.4) is 0 Å². The van der Waals surface area contributed by atoms with Gasteiger partial charge in [0.2, 0.25) is 11.8 Å². The summed E-state index contributed by atoms with van der Waals surface area (Å²) in [6, 6.07) is 7.71. The summed E-state index contributed by atoms with van der Waals surface area (Å²) < 4.78 is 0. The van der Waals surface area contributed by atoms with Crippen LogP contribution in [0.5, 0.6) is 0 Å². The van der Waals surface area contributed by atoms with Gasteiger partial charge in [-0.25, -0.2) is 0 Å². The van der Waals surface area contributed by atoms with Crippen molar-refractivity contribution in [2.24, 2.45) is 5.92 Å². The summed E-state index contributed by atoms with van der Waals surface area (Å²) in [5.74, 6) is 1.03. The van der Waals surface area contributed by atoms with Gasteiger partial charge in [-0.1, -0.05) is 17.7 Å². The highest BCUT2D eigenvalue weighted by Gasteiger charge is 2.26. The van der Waals surface area contributed by atoms with Crippen molar-refractivity contribution in [1.29, 1.82) is 0 Å². The SMILES string of the molecule is CNCC1CCN(C(=O)C(C)SCC(=O)Nc2ccc(C)cc2)CC1. The Hall–Kier alpha value is -1.53. The van der Waals surface area contributed by atoms with Crippen LogP contribution in [0.25, 0.3) is 0 Å². The van der Waals surface area contributed by atoms with Crippen LogP contribution in [0, 0.1) is 12.8 Å². The molecule has 1 unspecified atom stereocenters. The molecule has 0 radical (unpaired) electrons. The number of benzene rings is 1. The van der Waals surface area contributed by atoms with E-state index in [0.717, 1.165) is 43.7 Å². The summed E-state index contributed by atoms with van der Waals surface area (Å²) >= 11 is 1.40.